The summed E-state index contributed by atoms with van der Waals surface area (Å²) in [6.07, 6.45) is -4.01. The average molecular weight is 634 g/mol. The van der Waals surface area contributed by atoms with Crippen molar-refractivity contribution in [2.45, 2.75) is 112 Å². The molecule has 2 fully saturated rings. The highest BCUT2D eigenvalue weighted by atomic mass is 16.7. The van der Waals surface area contributed by atoms with Crippen LogP contribution in [0, 0.1) is 5.92 Å². The first-order valence-corrected chi connectivity index (χ1v) is 15.5. The molecule has 0 aromatic carbocycles. The summed E-state index contributed by atoms with van der Waals surface area (Å²) in [5.74, 6) is -0.867. The summed E-state index contributed by atoms with van der Waals surface area (Å²) in [5.41, 5.74) is 22.7. The maximum atomic E-state index is 12.8. The first-order chi connectivity index (χ1) is 20.8. The van der Waals surface area contributed by atoms with Crippen LogP contribution in [0.1, 0.15) is 39.0 Å². The lowest BCUT2D eigenvalue weighted by atomic mass is 9.72. The fourth-order valence-electron chi connectivity index (χ4n) is 6.34. The highest BCUT2D eigenvalue weighted by molar-refractivity contribution is 5.80. The Labute approximate surface area is 258 Å². The monoisotopic (exact) mass is 633 g/mol. The molecular weight excluding hydrogens is 578 g/mol. The lowest BCUT2D eigenvalue weighted by Gasteiger charge is -2.50. The molecule has 44 heavy (non-hydrogen) atoms. The second-order valence-electron chi connectivity index (χ2n) is 12.4. The molecule has 16 nitrogen and oxygen atoms in total. The van der Waals surface area contributed by atoms with Crippen molar-refractivity contribution in [1.82, 2.24) is 16.0 Å². The van der Waals surface area contributed by atoms with Gasteiger partial charge in [0.2, 0.25) is 5.91 Å². The SMILES string of the molecule is CN[C@@H]1[C@@H](O)[C@@H](O[C@@H]2[C@@H](O)[C@H](C3OC(CNCC(O)CCCN)=CC[C@H]3N)[C@@H](N)C[C@H]2NC(=O)[C@@H](O)CCN)OC[C@]1(C)O. The van der Waals surface area contributed by atoms with Crippen LogP contribution >= 0.6 is 0 Å². The smallest absolute Gasteiger partial charge is 0.249 e. The van der Waals surface area contributed by atoms with E-state index in [1.54, 1.807) is 7.05 Å². The number of likely N-dealkylation sites (N-methyl/N-ethyl adjacent to an activating group) is 1. The van der Waals surface area contributed by atoms with E-state index >= 15 is 0 Å². The summed E-state index contributed by atoms with van der Waals surface area (Å²) in [4.78, 5) is 12.8. The minimum atomic E-state index is -1.40. The van der Waals surface area contributed by atoms with Crippen molar-refractivity contribution in [3.8, 4) is 0 Å². The molecule has 2 unspecified atom stereocenters. The Hall–Kier alpha value is -1.51. The van der Waals surface area contributed by atoms with Gasteiger partial charge in [0.05, 0.1) is 37.4 Å². The Bertz CT molecular complexity index is 932. The lowest BCUT2D eigenvalue weighted by Crippen LogP contribution is -2.69. The third-order valence-corrected chi connectivity index (χ3v) is 8.78. The van der Waals surface area contributed by atoms with E-state index in [1.807, 2.05) is 6.08 Å². The number of aliphatic hydroxyl groups excluding tert-OH is 4. The Kier molecular flexibility index (Phi) is 14.2. The molecule has 3 aliphatic rings. The van der Waals surface area contributed by atoms with Gasteiger partial charge in [0.1, 0.15) is 35.8 Å². The molecule has 0 spiro atoms. The summed E-state index contributed by atoms with van der Waals surface area (Å²) < 4.78 is 18.1. The van der Waals surface area contributed by atoms with Crippen molar-refractivity contribution in [3.63, 3.8) is 0 Å². The van der Waals surface area contributed by atoms with Crippen molar-refractivity contribution in [3.05, 3.63) is 11.8 Å². The van der Waals surface area contributed by atoms with Gasteiger partial charge < -0.3 is 78.6 Å². The minimum absolute atomic E-state index is 0.0304. The average Bonchev–Trinajstić information content (AvgIpc) is 2.96. The summed E-state index contributed by atoms with van der Waals surface area (Å²) in [7, 11) is 1.58. The molecular formula is C28H55N7O9. The fourth-order valence-corrected chi connectivity index (χ4v) is 6.34. The standard InChI is InChI=1S/C28H55N7O9/c1-28(41)13-42-27(22(39)25(28)33-2)44-24-18(35-26(40)19(37)7-9-30)10-17(32)20(21(24)38)23-16(31)6-5-15(43-23)12-34-11-14(36)4-3-8-29/h5,14,16-25,27,33-34,36-39,41H,3-4,6-13,29-32H2,1-2H3,(H,35,40)/t14?,16-,17+,18-,19+,20-,21+,22-,23?,24+,25-,27-,28+/m1/s1. The van der Waals surface area contributed by atoms with E-state index in [9.17, 15) is 30.3 Å². The van der Waals surface area contributed by atoms with Crippen LogP contribution in [0.5, 0.6) is 0 Å². The van der Waals surface area contributed by atoms with E-state index < -0.39 is 84.5 Å². The number of hydrogen-bond acceptors (Lipinski definition) is 15. The summed E-state index contributed by atoms with van der Waals surface area (Å²) in [6, 6.07) is -2.91. The van der Waals surface area contributed by atoms with Gasteiger partial charge in [-0.05, 0) is 65.2 Å². The zero-order valence-electron chi connectivity index (χ0n) is 25.8. The van der Waals surface area contributed by atoms with E-state index in [4.69, 9.17) is 37.1 Å². The normalized spacial score (nSPS) is 39.2. The first-order valence-electron chi connectivity index (χ1n) is 15.5. The Morgan fingerprint density at radius 1 is 1.16 bits per heavy atom. The van der Waals surface area contributed by atoms with Gasteiger partial charge in [-0.2, -0.15) is 0 Å². The van der Waals surface area contributed by atoms with Gasteiger partial charge in [-0.15, -0.1) is 0 Å². The van der Waals surface area contributed by atoms with E-state index in [0.717, 1.165) is 0 Å². The third kappa shape index (κ3) is 9.28. The predicted octanol–water partition coefficient (Wildman–Crippen LogP) is -4.98. The van der Waals surface area contributed by atoms with Crippen LogP contribution in [0.15, 0.2) is 11.8 Å². The van der Waals surface area contributed by atoms with Crippen LogP contribution in [0.4, 0.5) is 0 Å². The van der Waals surface area contributed by atoms with E-state index in [-0.39, 0.29) is 26.0 Å². The summed E-state index contributed by atoms with van der Waals surface area (Å²) in [6.45, 7) is 2.61. The fraction of sp³-hybridized carbons (Fsp3) is 0.893. The number of hydrogen-bond donors (Lipinski definition) is 12. The van der Waals surface area contributed by atoms with Crippen LogP contribution in [0.3, 0.4) is 0 Å². The summed E-state index contributed by atoms with van der Waals surface area (Å²) in [5, 5.41) is 62.6. The molecule has 2 heterocycles. The van der Waals surface area contributed by atoms with Crippen LogP contribution in [-0.4, -0.2) is 144 Å². The molecule has 256 valence electrons. The van der Waals surface area contributed by atoms with Gasteiger partial charge in [-0.3, -0.25) is 4.79 Å². The summed E-state index contributed by atoms with van der Waals surface area (Å²) >= 11 is 0. The molecule has 0 aromatic heterocycles. The first kappa shape index (κ1) is 37.0. The van der Waals surface area contributed by atoms with Crippen LogP contribution in [0.25, 0.3) is 0 Å². The van der Waals surface area contributed by atoms with E-state index in [1.165, 1.54) is 6.92 Å². The molecule has 1 saturated heterocycles. The second kappa shape index (κ2) is 16.9. The largest absolute Gasteiger partial charge is 0.492 e. The van der Waals surface area contributed by atoms with Crippen LogP contribution < -0.4 is 38.9 Å². The number of carbonyl (C=O) groups is 1. The minimum Gasteiger partial charge on any atom is -0.492 e. The zero-order valence-corrected chi connectivity index (χ0v) is 25.8. The maximum Gasteiger partial charge on any atom is 0.249 e. The van der Waals surface area contributed by atoms with Gasteiger partial charge in [-0.25, -0.2) is 0 Å². The molecule has 3 rings (SSSR count). The molecule has 0 aromatic rings. The van der Waals surface area contributed by atoms with Gasteiger partial charge in [0, 0.05) is 24.5 Å². The molecule has 0 radical (unpaired) electrons. The molecule has 2 aliphatic heterocycles. The Balaban J connectivity index is 1.78. The molecule has 1 saturated carbocycles. The van der Waals surface area contributed by atoms with Crippen molar-refractivity contribution in [1.29, 1.82) is 0 Å². The molecule has 13 atom stereocenters. The highest BCUT2D eigenvalue weighted by Gasteiger charge is 2.53. The van der Waals surface area contributed by atoms with Crippen LogP contribution in [0.2, 0.25) is 0 Å². The van der Waals surface area contributed by atoms with Crippen molar-refractivity contribution < 1.29 is 44.5 Å². The predicted molar refractivity (Wildman–Crippen MR) is 161 cm³/mol. The van der Waals surface area contributed by atoms with Gasteiger partial charge in [-0.1, -0.05) is 0 Å². The highest BCUT2D eigenvalue weighted by Crippen LogP contribution is 2.36. The second-order valence-corrected chi connectivity index (χ2v) is 12.4. The lowest BCUT2D eigenvalue weighted by molar-refractivity contribution is -0.297. The number of ether oxygens (including phenoxy) is 3. The van der Waals surface area contributed by atoms with Gasteiger partial charge in [0.25, 0.3) is 0 Å². The number of rotatable bonds is 15. The Morgan fingerprint density at radius 3 is 2.55 bits per heavy atom. The van der Waals surface area contributed by atoms with Crippen LogP contribution in [-0.2, 0) is 19.0 Å². The molecule has 16 heteroatoms. The van der Waals surface area contributed by atoms with E-state index in [2.05, 4.69) is 16.0 Å². The quantitative estimate of drug-likeness (QED) is 0.0804. The molecule has 1 amide bonds. The molecule has 16 N–H and O–H groups in total. The molecule has 1 aliphatic carbocycles. The van der Waals surface area contributed by atoms with Crippen molar-refractivity contribution >= 4 is 5.91 Å². The van der Waals surface area contributed by atoms with Gasteiger partial charge >= 0.3 is 0 Å². The Morgan fingerprint density at radius 2 is 1.89 bits per heavy atom. The number of amides is 1. The topological polar surface area (TPSA) is 286 Å². The number of nitrogens with two attached hydrogens (primary N) is 4. The number of nitrogens with one attached hydrogen (secondary N) is 3. The molecule has 0 bridgehead atoms. The van der Waals surface area contributed by atoms with E-state index in [0.29, 0.717) is 44.7 Å². The number of carbonyl (C=O) groups excluding carboxylic acids is 1. The van der Waals surface area contributed by atoms with Crippen molar-refractivity contribution in [2.24, 2.45) is 28.9 Å². The maximum absolute atomic E-state index is 12.8. The third-order valence-electron chi connectivity index (χ3n) is 8.78. The van der Waals surface area contributed by atoms with Crippen molar-refractivity contribution in [2.75, 3.05) is 39.8 Å². The zero-order chi connectivity index (χ0) is 32.6. The number of aliphatic hydroxyl groups is 5. The van der Waals surface area contributed by atoms with Gasteiger partial charge in [0.15, 0.2) is 6.29 Å².